The van der Waals surface area contributed by atoms with Crippen molar-refractivity contribution in [1.82, 2.24) is 15.0 Å². The largest absolute Gasteiger partial charge is 0.340 e. The van der Waals surface area contributed by atoms with E-state index in [1.807, 2.05) is 42.2 Å². The van der Waals surface area contributed by atoms with Crippen molar-refractivity contribution >= 4 is 17.7 Å². The van der Waals surface area contributed by atoms with Crippen LogP contribution in [0.4, 0.5) is 5.88 Å². The van der Waals surface area contributed by atoms with Crippen LogP contribution in [0.1, 0.15) is 24.6 Å². The Labute approximate surface area is 159 Å². The monoisotopic (exact) mass is 370 g/mol. The predicted octanol–water partition coefficient (Wildman–Crippen LogP) is 2.09. The maximum atomic E-state index is 12.4. The fourth-order valence-electron chi connectivity index (χ4n) is 3.23. The number of hydrogen-bond donors (Lipinski definition) is 1. The summed E-state index contributed by atoms with van der Waals surface area (Å²) in [4.78, 5) is 28.8. The number of hydrogen-bond acceptors (Lipinski definition) is 5. The van der Waals surface area contributed by atoms with Crippen LogP contribution in [-0.2, 0) is 16.0 Å². The van der Waals surface area contributed by atoms with Gasteiger partial charge in [0.1, 0.15) is 0 Å². The van der Waals surface area contributed by atoms with Crippen LogP contribution in [0, 0.1) is 6.92 Å². The molecule has 1 aromatic heterocycles. The lowest BCUT2D eigenvalue weighted by Crippen LogP contribution is -2.54. The van der Waals surface area contributed by atoms with E-state index in [0.717, 1.165) is 12.1 Å². The highest BCUT2D eigenvalue weighted by molar-refractivity contribution is 5.93. The Kier molecular flexibility index (Phi) is 6.24. The summed E-state index contributed by atoms with van der Waals surface area (Å²) in [5.41, 5.74) is 1.90. The molecule has 1 atom stereocenters. The summed E-state index contributed by atoms with van der Waals surface area (Å²) in [5.74, 6) is 0.404. The van der Waals surface area contributed by atoms with Crippen molar-refractivity contribution in [2.45, 2.75) is 32.7 Å². The number of piperazine rings is 1. The lowest BCUT2D eigenvalue weighted by molar-refractivity contribution is -0.133. The van der Waals surface area contributed by atoms with E-state index in [-0.39, 0.29) is 17.9 Å². The summed E-state index contributed by atoms with van der Waals surface area (Å²) >= 11 is 0. The van der Waals surface area contributed by atoms with E-state index in [2.05, 4.69) is 15.4 Å². The molecule has 2 heterocycles. The first kappa shape index (κ1) is 19.1. The molecule has 144 valence electrons. The van der Waals surface area contributed by atoms with Crippen LogP contribution >= 0.6 is 0 Å². The minimum atomic E-state index is -0.294. The molecule has 1 fully saturated rings. The number of rotatable bonds is 6. The molecule has 2 amide bonds. The van der Waals surface area contributed by atoms with Crippen molar-refractivity contribution < 1.29 is 14.1 Å². The van der Waals surface area contributed by atoms with Crippen molar-refractivity contribution in [2.24, 2.45) is 0 Å². The fraction of sp³-hybridized carbons (Fsp3) is 0.450. The van der Waals surface area contributed by atoms with Gasteiger partial charge in [0.25, 0.3) is 0 Å². The van der Waals surface area contributed by atoms with Gasteiger partial charge in [0.15, 0.2) is 0 Å². The minimum Gasteiger partial charge on any atom is -0.340 e. The van der Waals surface area contributed by atoms with Crippen LogP contribution in [0.25, 0.3) is 0 Å². The van der Waals surface area contributed by atoms with Crippen LogP contribution in [0.5, 0.6) is 0 Å². The van der Waals surface area contributed by atoms with E-state index in [0.29, 0.717) is 38.5 Å². The summed E-state index contributed by atoms with van der Waals surface area (Å²) in [5, 5.41) is 6.50. The van der Waals surface area contributed by atoms with Crippen molar-refractivity contribution in [1.29, 1.82) is 0 Å². The Hall–Kier alpha value is -2.67. The molecule has 0 aliphatic carbocycles. The first-order chi connectivity index (χ1) is 13.0. The van der Waals surface area contributed by atoms with Crippen molar-refractivity contribution in [3.63, 3.8) is 0 Å². The molecule has 0 saturated carbocycles. The van der Waals surface area contributed by atoms with Gasteiger partial charge in [-0.2, -0.15) is 0 Å². The van der Waals surface area contributed by atoms with E-state index >= 15 is 0 Å². The number of aryl methyl sites for hydroxylation is 2. The highest BCUT2D eigenvalue weighted by atomic mass is 16.5. The second kappa shape index (κ2) is 8.81. The van der Waals surface area contributed by atoms with Gasteiger partial charge in [-0.15, -0.1) is 0 Å². The predicted molar refractivity (Wildman–Crippen MR) is 102 cm³/mol. The average Bonchev–Trinajstić information content (AvgIpc) is 3.11. The molecule has 1 aromatic carbocycles. The number of aromatic nitrogens is 1. The lowest BCUT2D eigenvalue weighted by Gasteiger charge is -2.37. The highest BCUT2D eigenvalue weighted by Crippen LogP contribution is 2.13. The van der Waals surface area contributed by atoms with Crippen LogP contribution in [0.2, 0.25) is 0 Å². The van der Waals surface area contributed by atoms with Gasteiger partial charge in [-0.3, -0.25) is 19.8 Å². The summed E-state index contributed by atoms with van der Waals surface area (Å²) in [6, 6.07) is 11.4. The molecule has 7 nitrogen and oxygen atoms in total. The number of carbonyl (C=O) groups excluding carboxylic acids is 2. The Bertz CT molecular complexity index is 767. The summed E-state index contributed by atoms with van der Waals surface area (Å²) in [6.45, 7) is 6.32. The van der Waals surface area contributed by atoms with Crippen LogP contribution < -0.4 is 5.32 Å². The first-order valence-corrected chi connectivity index (χ1v) is 9.33. The number of nitrogens with zero attached hydrogens (tertiary/aromatic N) is 3. The molecule has 2 aromatic rings. The Morgan fingerprint density at radius 2 is 1.89 bits per heavy atom. The minimum absolute atomic E-state index is 0.130. The molecule has 7 heteroatoms. The zero-order valence-electron chi connectivity index (χ0n) is 15.9. The number of nitrogens with one attached hydrogen (secondary N) is 1. The van der Waals surface area contributed by atoms with E-state index < -0.39 is 0 Å². The second-order valence-corrected chi connectivity index (χ2v) is 6.90. The molecule has 1 unspecified atom stereocenters. The van der Waals surface area contributed by atoms with Crippen molar-refractivity contribution in [3.05, 3.63) is 47.7 Å². The van der Waals surface area contributed by atoms with Crippen LogP contribution in [-0.4, -0.2) is 59.0 Å². The molecule has 1 N–H and O–H groups in total. The van der Waals surface area contributed by atoms with Crippen molar-refractivity contribution in [3.8, 4) is 0 Å². The SMILES string of the molecule is Cc1cc(NC(=O)C(C)N2CCN(C(=O)CCc3ccccc3)CC2)on1. The zero-order chi connectivity index (χ0) is 19.2. The Morgan fingerprint density at radius 3 is 2.52 bits per heavy atom. The molecule has 1 aliphatic rings. The summed E-state index contributed by atoms with van der Waals surface area (Å²) in [6.07, 6.45) is 1.28. The van der Waals surface area contributed by atoms with E-state index in [4.69, 9.17) is 4.52 Å². The molecule has 1 aliphatic heterocycles. The maximum Gasteiger partial charge on any atom is 0.243 e. The van der Waals surface area contributed by atoms with Crippen LogP contribution in [0.3, 0.4) is 0 Å². The molecular weight excluding hydrogens is 344 g/mol. The number of amides is 2. The third-order valence-corrected chi connectivity index (χ3v) is 4.94. The van der Waals surface area contributed by atoms with Crippen molar-refractivity contribution in [2.75, 3.05) is 31.5 Å². The Morgan fingerprint density at radius 1 is 1.19 bits per heavy atom. The van der Waals surface area contributed by atoms with Gasteiger partial charge in [-0.1, -0.05) is 35.5 Å². The van der Waals surface area contributed by atoms with Gasteiger partial charge in [0.2, 0.25) is 17.7 Å². The Balaban J connectivity index is 1.43. The highest BCUT2D eigenvalue weighted by Gasteiger charge is 2.27. The fourth-order valence-corrected chi connectivity index (χ4v) is 3.23. The average molecular weight is 370 g/mol. The van der Waals surface area contributed by atoms with E-state index in [1.165, 1.54) is 5.56 Å². The van der Waals surface area contributed by atoms with Gasteiger partial charge >= 0.3 is 0 Å². The number of anilines is 1. The standard InChI is InChI=1S/C20H26N4O3/c1-15-14-18(27-22-15)21-20(26)16(2)23-10-12-24(13-11-23)19(25)9-8-17-6-4-3-5-7-17/h3-7,14,16H,8-13H2,1-2H3,(H,21,26). The summed E-state index contributed by atoms with van der Waals surface area (Å²) in [7, 11) is 0. The quantitative estimate of drug-likeness (QED) is 0.842. The van der Waals surface area contributed by atoms with Gasteiger partial charge in [0.05, 0.1) is 11.7 Å². The molecule has 1 saturated heterocycles. The zero-order valence-corrected chi connectivity index (χ0v) is 15.9. The first-order valence-electron chi connectivity index (χ1n) is 9.33. The normalized spacial score (nSPS) is 16.1. The molecule has 0 radical (unpaired) electrons. The third-order valence-electron chi connectivity index (χ3n) is 4.94. The number of carbonyl (C=O) groups is 2. The molecule has 3 rings (SSSR count). The number of benzene rings is 1. The van der Waals surface area contributed by atoms with Gasteiger partial charge in [-0.05, 0) is 25.8 Å². The van der Waals surface area contributed by atoms with Crippen LogP contribution in [0.15, 0.2) is 40.9 Å². The van der Waals surface area contributed by atoms with Gasteiger partial charge in [-0.25, -0.2) is 0 Å². The maximum absolute atomic E-state index is 12.4. The molecule has 0 spiro atoms. The molecule has 0 bridgehead atoms. The smallest absolute Gasteiger partial charge is 0.243 e. The third kappa shape index (κ3) is 5.17. The molecular formula is C20H26N4O3. The van der Waals surface area contributed by atoms with Gasteiger partial charge < -0.3 is 9.42 Å². The summed E-state index contributed by atoms with van der Waals surface area (Å²) < 4.78 is 5.03. The lowest BCUT2D eigenvalue weighted by atomic mass is 10.1. The molecule has 27 heavy (non-hydrogen) atoms. The van der Waals surface area contributed by atoms with Gasteiger partial charge in [0, 0.05) is 38.7 Å². The second-order valence-electron chi connectivity index (χ2n) is 6.90. The van der Waals surface area contributed by atoms with E-state index in [9.17, 15) is 9.59 Å². The topological polar surface area (TPSA) is 78.7 Å². The van der Waals surface area contributed by atoms with E-state index in [1.54, 1.807) is 13.0 Å².